The number of nitrogens with two attached hydrogens (primary N) is 1. The van der Waals surface area contributed by atoms with Crippen LogP contribution < -0.4 is 10.6 Å². The van der Waals surface area contributed by atoms with Crippen molar-refractivity contribution in [2.45, 2.75) is 18.9 Å². The molecule has 2 N–H and O–H groups in total. The summed E-state index contributed by atoms with van der Waals surface area (Å²) in [7, 11) is 1.88. The zero-order chi connectivity index (χ0) is 22.2. The summed E-state index contributed by atoms with van der Waals surface area (Å²) in [6.07, 6.45) is 6.93. The third-order valence-corrected chi connectivity index (χ3v) is 5.82. The van der Waals surface area contributed by atoms with Gasteiger partial charge in [-0.15, -0.1) is 0 Å². The molecule has 4 heterocycles. The molecule has 0 aliphatic carbocycles. The van der Waals surface area contributed by atoms with Crippen molar-refractivity contribution in [3.63, 3.8) is 0 Å². The number of piperidine rings is 1. The molecule has 1 fully saturated rings. The Bertz CT molecular complexity index is 1350. The second-order valence-corrected chi connectivity index (χ2v) is 7.99. The summed E-state index contributed by atoms with van der Waals surface area (Å²) in [4.78, 5) is 20.4. The van der Waals surface area contributed by atoms with Crippen molar-refractivity contribution >= 4 is 17.1 Å². The van der Waals surface area contributed by atoms with Crippen molar-refractivity contribution in [2.75, 3.05) is 18.0 Å². The van der Waals surface area contributed by atoms with Gasteiger partial charge in [0.15, 0.2) is 5.65 Å². The number of pyridine rings is 1. The van der Waals surface area contributed by atoms with E-state index in [9.17, 15) is 4.39 Å². The minimum absolute atomic E-state index is 0.00818. The number of hydrogen-bond donors (Lipinski definition) is 1. The van der Waals surface area contributed by atoms with Gasteiger partial charge in [0.1, 0.15) is 17.4 Å². The van der Waals surface area contributed by atoms with Crippen molar-refractivity contribution in [1.29, 1.82) is 5.26 Å². The van der Waals surface area contributed by atoms with E-state index in [4.69, 9.17) is 16.0 Å². The Labute approximate surface area is 184 Å². The first kappa shape index (κ1) is 20.0. The highest BCUT2D eigenvalue weighted by Crippen LogP contribution is 2.33. The molecule has 5 rings (SSSR count). The number of nitriles is 1. The molecular formula is C23H21FN8. The van der Waals surface area contributed by atoms with E-state index >= 15 is 0 Å². The van der Waals surface area contributed by atoms with E-state index in [0.717, 1.165) is 42.7 Å². The van der Waals surface area contributed by atoms with Gasteiger partial charge in [-0.3, -0.25) is 0 Å². The average molecular weight is 428 g/mol. The molecule has 160 valence electrons. The number of rotatable bonds is 3. The summed E-state index contributed by atoms with van der Waals surface area (Å²) in [5.74, 6) is -0.00865. The molecule has 0 amide bonds. The summed E-state index contributed by atoms with van der Waals surface area (Å²) in [6, 6.07) is 8.48. The number of nitrogens with zero attached hydrogens (tertiary/aromatic N) is 7. The second-order valence-electron chi connectivity index (χ2n) is 7.99. The first-order valence-electron chi connectivity index (χ1n) is 10.4. The van der Waals surface area contributed by atoms with Gasteiger partial charge in [-0.25, -0.2) is 24.3 Å². The number of hydrogen-bond acceptors (Lipinski definition) is 7. The zero-order valence-corrected chi connectivity index (χ0v) is 17.5. The molecule has 9 heteroatoms. The Balaban J connectivity index is 1.65. The van der Waals surface area contributed by atoms with Crippen LogP contribution in [0.15, 0.2) is 43.0 Å². The van der Waals surface area contributed by atoms with Crippen LogP contribution in [0.4, 0.5) is 10.3 Å². The molecule has 4 aromatic rings. The van der Waals surface area contributed by atoms with E-state index in [1.54, 1.807) is 24.8 Å². The van der Waals surface area contributed by atoms with Gasteiger partial charge in [0, 0.05) is 55.3 Å². The molecule has 8 nitrogen and oxygen atoms in total. The Hall–Kier alpha value is -3.90. The molecule has 1 aliphatic rings. The lowest BCUT2D eigenvalue weighted by Gasteiger charge is -2.30. The van der Waals surface area contributed by atoms with E-state index in [-0.39, 0.29) is 11.6 Å². The van der Waals surface area contributed by atoms with Crippen LogP contribution in [0, 0.1) is 17.1 Å². The molecule has 0 atom stereocenters. The number of aromatic nitrogens is 5. The highest BCUT2D eigenvalue weighted by Gasteiger charge is 2.21. The van der Waals surface area contributed by atoms with Crippen molar-refractivity contribution in [3.8, 4) is 28.5 Å². The lowest BCUT2D eigenvalue weighted by atomic mass is 10.0. The van der Waals surface area contributed by atoms with Gasteiger partial charge in [-0.1, -0.05) is 6.07 Å². The Kier molecular flexibility index (Phi) is 4.99. The Morgan fingerprint density at radius 1 is 1.09 bits per heavy atom. The number of anilines is 1. The van der Waals surface area contributed by atoms with E-state index in [1.165, 1.54) is 12.1 Å². The van der Waals surface area contributed by atoms with Crippen LogP contribution in [-0.4, -0.2) is 43.6 Å². The number of imidazole rings is 1. The monoisotopic (exact) mass is 428 g/mol. The van der Waals surface area contributed by atoms with Crippen molar-refractivity contribution in [3.05, 3.63) is 54.4 Å². The van der Waals surface area contributed by atoms with E-state index < -0.39 is 5.82 Å². The number of fused-ring (bicyclic) bond motifs is 1. The molecule has 0 saturated carbocycles. The number of aryl methyl sites for hydroxylation is 1. The molecule has 0 radical (unpaired) electrons. The fourth-order valence-electron chi connectivity index (χ4n) is 3.97. The molecular weight excluding hydrogens is 407 g/mol. The van der Waals surface area contributed by atoms with E-state index in [2.05, 4.69) is 19.9 Å². The number of halogens is 1. The van der Waals surface area contributed by atoms with E-state index in [0.29, 0.717) is 22.8 Å². The quantitative estimate of drug-likeness (QED) is 0.534. The Morgan fingerprint density at radius 2 is 1.91 bits per heavy atom. The van der Waals surface area contributed by atoms with Crippen molar-refractivity contribution in [1.82, 2.24) is 24.5 Å². The third kappa shape index (κ3) is 3.55. The van der Waals surface area contributed by atoms with Crippen LogP contribution in [-0.2, 0) is 7.05 Å². The van der Waals surface area contributed by atoms with Gasteiger partial charge in [-0.2, -0.15) is 5.26 Å². The summed E-state index contributed by atoms with van der Waals surface area (Å²) < 4.78 is 16.3. The van der Waals surface area contributed by atoms with Crippen LogP contribution in [0.2, 0.25) is 0 Å². The molecule has 1 aliphatic heterocycles. The maximum absolute atomic E-state index is 14.5. The fraction of sp³-hybridized carbons (Fsp3) is 0.261. The highest BCUT2D eigenvalue weighted by atomic mass is 19.1. The molecule has 1 saturated heterocycles. The first-order valence-corrected chi connectivity index (χ1v) is 10.4. The predicted octanol–water partition coefficient (Wildman–Crippen LogP) is 3.03. The standard InChI is InChI=1S/C23H21FN8/c1-31-13-29-20-9-16(11-27-22(20)31)18-12-28-23(32-6-4-17(26)5-7-32)30-21(18)14-2-3-15(10-25)19(24)8-14/h2-3,8-9,11-13,17H,4-7,26H2,1H3. The highest BCUT2D eigenvalue weighted by molar-refractivity contribution is 5.85. The van der Waals surface area contributed by atoms with Crippen LogP contribution in [0.1, 0.15) is 18.4 Å². The molecule has 0 unspecified atom stereocenters. The second kappa shape index (κ2) is 7.98. The largest absolute Gasteiger partial charge is 0.341 e. The lowest BCUT2D eigenvalue weighted by molar-refractivity contribution is 0.495. The fourth-order valence-corrected chi connectivity index (χ4v) is 3.97. The maximum atomic E-state index is 14.5. The van der Waals surface area contributed by atoms with Gasteiger partial charge in [0.2, 0.25) is 5.95 Å². The van der Waals surface area contributed by atoms with Gasteiger partial charge >= 0.3 is 0 Å². The molecule has 1 aromatic carbocycles. The van der Waals surface area contributed by atoms with Gasteiger partial charge in [0.05, 0.1) is 17.6 Å². The molecule has 0 bridgehead atoms. The predicted molar refractivity (Wildman–Crippen MR) is 119 cm³/mol. The average Bonchev–Trinajstić information content (AvgIpc) is 3.19. The van der Waals surface area contributed by atoms with Gasteiger partial charge in [0.25, 0.3) is 0 Å². The van der Waals surface area contributed by atoms with Crippen LogP contribution in [0.5, 0.6) is 0 Å². The summed E-state index contributed by atoms with van der Waals surface area (Å²) in [5.41, 5.74) is 10.2. The Morgan fingerprint density at radius 3 is 2.66 bits per heavy atom. The molecule has 0 spiro atoms. The van der Waals surface area contributed by atoms with Crippen LogP contribution >= 0.6 is 0 Å². The maximum Gasteiger partial charge on any atom is 0.225 e. The summed E-state index contributed by atoms with van der Waals surface area (Å²) >= 11 is 0. The smallest absolute Gasteiger partial charge is 0.225 e. The zero-order valence-electron chi connectivity index (χ0n) is 17.5. The SMILES string of the molecule is Cn1cnc2cc(-c3cnc(N4CCC(N)CC4)nc3-c3ccc(C#N)c(F)c3)cnc21. The molecule has 32 heavy (non-hydrogen) atoms. The van der Waals surface area contributed by atoms with Crippen molar-refractivity contribution in [2.24, 2.45) is 12.8 Å². The third-order valence-electron chi connectivity index (χ3n) is 5.82. The topological polar surface area (TPSA) is 110 Å². The number of benzene rings is 1. The van der Waals surface area contributed by atoms with Crippen LogP contribution in [0.3, 0.4) is 0 Å². The van der Waals surface area contributed by atoms with Crippen molar-refractivity contribution < 1.29 is 4.39 Å². The summed E-state index contributed by atoms with van der Waals surface area (Å²) in [5, 5.41) is 9.10. The minimum atomic E-state index is -0.585. The summed E-state index contributed by atoms with van der Waals surface area (Å²) in [6.45, 7) is 1.53. The van der Waals surface area contributed by atoms with E-state index in [1.807, 2.05) is 23.8 Å². The first-order chi connectivity index (χ1) is 15.5. The van der Waals surface area contributed by atoms with Crippen LogP contribution in [0.25, 0.3) is 33.5 Å². The normalized spacial score (nSPS) is 14.6. The minimum Gasteiger partial charge on any atom is -0.341 e. The van der Waals surface area contributed by atoms with Gasteiger partial charge in [-0.05, 0) is 31.0 Å². The lowest BCUT2D eigenvalue weighted by Crippen LogP contribution is -2.40. The molecule has 3 aromatic heterocycles. The van der Waals surface area contributed by atoms with Gasteiger partial charge < -0.3 is 15.2 Å².